The van der Waals surface area contributed by atoms with Crippen molar-refractivity contribution in [3.8, 4) is 5.75 Å². The first-order valence-electron chi connectivity index (χ1n) is 11.2. The van der Waals surface area contributed by atoms with Crippen molar-refractivity contribution < 1.29 is 49.6 Å². The number of nitrogens with one attached hydrogen (secondary N) is 1. The molecule has 0 aliphatic carbocycles. The second kappa shape index (κ2) is 11.2. The van der Waals surface area contributed by atoms with E-state index in [0.29, 0.717) is 16.9 Å². The number of fused-ring (bicyclic) bond motifs is 1. The standard InChI is InChI=1S/C24H21F3N2O8S2/c1-35-16-9-7-15(8-10-16)12-36-23(32)20-17(37-39(33,34)24(25,26)27)13-38-22-19(21(31)29(20)22)28-18(30)11-14-5-3-2-4-6-14/h2-10,19,22H,11-13H2,1H3,(H,28,30)/t19?,22-/m0/s1. The molecule has 1 fully saturated rings. The topological polar surface area (TPSA) is 128 Å². The molecule has 15 heteroatoms. The lowest BCUT2D eigenvalue weighted by Gasteiger charge is -2.49. The van der Waals surface area contributed by atoms with E-state index in [4.69, 9.17) is 9.47 Å². The Morgan fingerprint density at radius 3 is 2.36 bits per heavy atom. The molecule has 208 valence electrons. The third-order valence-electron chi connectivity index (χ3n) is 5.67. The van der Waals surface area contributed by atoms with Gasteiger partial charge >= 0.3 is 21.6 Å². The molecule has 2 aromatic carbocycles. The van der Waals surface area contributed by atoms with Crippen molar-refractivity contribution >= 4 is 39.7 Å². The Labute approximate surface area is 225 Å². The molecule has 2 aromatic rings. The number of hydrogen-bond acceptors (Lipinski definition) is 9. The van der Waals surface area contributed by atoms with Crippen LogP contribution in [0.4, 0.5) is 13.2 Å². The summed E-state index contributed by atoms with van der Waals surface area (Å²) < 4.78 is 76.9. The Morgan fingerprint density at radius 1 is 1.08 bits per heavy atom. The zero-order chi connectivity index (χ0) is 28.4. The highest BCUT2D eigenvalue weighted by molar-refractivity contribution is 8.00. The first-order valence-corrected chi connectivity index (χ1v) is 13.7. The van der Waals surface area contributed by atoms with Gasteiger partial charge in [-0.2, -0.15) is 21.6 Å². The maximum atomic E-state index is 13.0. The molecule has 0 spiro atoms. The Morgan fingerprint density at radius 2 is 1.74 bits per heavy atom. The van der Waals surface area contributed by atoms with Crippen molar-refractivity contribution in [3.63, 3.8) is 0 Å². The number of thioether (sulfide) groups is 1. The Kier molecular flexibility index (Phi) is 8.11. The van der Waals surface area contributed by atoms with Crippen LogP contribution in [0.5, 0.6) is 5.75 Å². The van der Waals surface area contributed by atoms with Gasteiger partial charge in [0, 0.05) is 0 Å². The van der Waals surface area contributed by atoms with Gasteiger partial charge < -0.3 is 19.0 Å². The fourth-order valence-electron chi connectivity index (χ4n) is 3.77. The van der Waals surface area contributed by atoms with E-state index < -0.39 is 62.0 Å². The average Bonchev–Trinajstić information content (AvgIpc) is 2.90. The van der Waals surface area contributed by atoms with E-state index in [2.05, 4.69) is 9.50 Å². The predicted octanol–water partition coefficient (Wildman–Crippen LogP) is 2.46. The van der Waals surface area contributed by atoms with Crippen LogP contribution < -0.4 is 10.1 Å². The van der Waals surface area contributed by atoms with Crippen LogP contribution in [-0.4, -0.2) is 60.9 Å². The fraction of sp³-hybridized carbons (Fsp3) is 0.292. The lowest BCUT2D eigenvalue weighted by Crippen LogP contribution is -2.70. The number of nitrogens with zero attached hydrogens (tertiary/aromatic N) is 1. The van der Waals surface area contributed by atoms with Gasteiger partial charge in [-0.1, -0.05) is 42.5 Å². The molecule has 2 heterocycles. The number of hydrogen-bond donors (Lipinski definition) is 1. The number of carbonyl (C=O) groups is 3. The minimum absolute atomic E-state index is 0.0349. The summed E-state index contributed by atoms with van der Waals surface area (Å²) in [6, 6.07) is 13.9. The number of esters is 1. The quantitative estimate of drug-likeness (QED) is 0.204. The lowest BCUT2D eigenvalue weighted by atomic mass is 10.0. The lowest BCUT2D eigenvalue weighted by molar-refractivity contribution is -0.153. The monoisotopic (exact) mass is 586 g/mol. The molecule has 2 aliphatic heterocycles. The predicted molar refractivity (Wildman–Crippen MR) is 131 cm³/mol. The van der Waals surface area contributed by atoms with Crippen molar-refractivity contribution in [2.24, 2.45) is 0 Å². The van der Waals surface area contributed by atoms with Gasteiger partial charge in [0.05, 0.1) is 19.3 Å². The van der Waals surface area contributed by atoms with Crippen LogP contribution >= 0.6 is 11.8 Å². The van der Waals surface area contributed by atoms with Crippen molar-refractivity contribution in [3.05, 3.63) is 77.2 Å². The van der Waals surface area contributed by atoms with Crippen LogP contribution in [0.25, 0.3) is 0 Å². The Balaban J connectivity index is 1.54. The molecule has 0 aromatic heterocycles. The number of methoxy groups -OCH3 is 1. The highest BCUT2D eigenvalue weighted by atomic mass is 32.2. The number of benzene rings is 2. The molecular formula is C24H21F3N2O8S2. The summed E-state index contributed by atoms with van der Waals surface area (Å²) in [6.45, 7) is -0.345. The molecule has 10 nitrogen and oxygen atoms in total. The molecule has 0 radical (unpaired) electrons. The molecule has 1 N–H and O–H groups in total. The summed E-state index contributed by atoms with van der Waals surface area (Å²) in [4.78, 5) is 39.2. The van der Waals surface area contributed by atoms with E-state index in [-0.39, 0.29) is 13.0 Å². The van der Waals surface area contributed by atoms with Gasteiger partial charge in [0.1, 0.15) is 23.8 Å². The molecule has 2 aliphatic rings. The van der Waals surface area contributed by atoms with E-state index in [1.165, 1.54) is 7.11 Å². The first kappa shape index (κ1) is 28.3. The van der Waals surface area contributed by atoms with Gasteiger partial charge in [0.25, 0.3) is 5.91 Å². The zero-order valence-electron chi connectivity index (χ0n) is 20.1. The second-order valence-corrected chi connectivity index (χ2v) is 10.9. The SMILES string of the molecule is COc1ccc(COC(=O)C2=C(OS(=O)(=O)C(F)(F)F)CS[C@H]3C(NC(=O)Cc4ccccc4)C(=O)N23)cc1. The summed E-state index contributed by atoms with van der Waals surface area (Å²) in [7, 11) is -4.69. The fourth-order valence-corrected chi connectivity index (χ4v) is 5.59. The van der Waals surface area contributed by atoms with Crippen LogP contribution in [0.1, 0.15) is 11.1 Å². The van der Waals surface area contributed by atoms with Crippen LogP contribution in [0.15, 0.2) is 66.1 Å². The van der Waals surface area contributed by atoms with E-state index >= 15 is 0 Å². The van der Waals surface area contributed by atoms with E-state index in [1.807, 2.05) is 0 Å². The van der Waals surface area contributed by atoms with Gasteiger partial charge in [-0.3, -0.25) is 14.5 Å². The summed E-state index contributed by atoms with van der Waals surface area (Å²) in [5, 5.41) is 1.65. The molecule has 1 saturated heterocycles. The summed E-state index contributed by atoms with van der Waals surface area (Å²) in [5.41, 5.74) is -5.38. The highest BCUT2D eigenvalue weighted by Crippen LogP contribution is 2.42. The van der Waals surface area contributed by atoms with Gasteiger partial charge in [-0.25, -0.2) is 4.79 Å². The third kappa shape index (κ3) is 6.14. The second-order valence-electron chi connectivity index (χ2n) is 8.30. The van der Waals surface area contributed by atoms with Gasteiger partial charge in [-0.05, 0) is 23.3 Å². The molecule has 0 bridgehead atoms. The number of halogens is 3. The summed E-state index contributed by atoms with van der Waals surface area (Å²) in [6.07, 6.45) is -0.0349. The van der Waals surface area contributed by atoms with E-state index in [9.17, 15) is 36.0 Å². The van der Waals surface area contributed by atoms with Crippen molar-refractivity contribution in [1.82, 2.24) is 10.2 Å². The Bertz CT molecular complexity index is 1400. The number of ether oxygens (including phenoxy) is 2. The minimum atomic E-state index is -6.14. The molecular weight excluding hydrogens is 565 g/mol. The molecule has 2 amide bonds. The summed E-state index contributed by atoms with van der Waals surface area (Å²) >= 11 is 0.826. The van der Waals surface area contributed by atoms with Crippen molar-refractivity contribution in [1.29, 1.82) is 0 Å². The van der Waals surface area contributed by atoms with Gasteiger partial charge in [0.15, 0.2) is 11.5 Å². The van der Waals surface area contributed by atoms with E-state index in [0.717, 1.165) is 16.7 Å². The maximum absolute atomic E-state index is 13.0. The number of amides is 2. The Hall–Kier alpha value is -3.72. The third-order valence-corrected chi connectivity index (χ3v) is 7.91. The molecule has 0 saturated carbocycles. The normalized spacial score (nSPS) is 19.1. The van der Waals surface area contributed by atoms with Gasteiger partial charge in [0.2, 0.25) is 5.91 Å². The molecule has 4 rings (SSSR count). The number of carbonyl (C=O) groups excluding carboxylic acids is 3. The smallest absolute Gasteiger partial charge is 0.497 e. The van der Waals surface area contributed by atoms with Crippen LogP contribution in [0, 0.1) is 0 Å². The highest BCUT2D eigenvalue weighted by Gasteiger charge is 2.57. The van der Waals surface area contributed by atoms with Gasteiger partial charge in [-0.15, -0.1) is 11.8 Å². The largest absolute Gasteiger partial charge is 0.534 e. The number of β-lactam (4-membered cyclic amide) rings is 1. The summed E-state index contributed by atoms with van der Waals surface area (Å²) in [5.74, 6) is -3.49. The van der Waals surface area contributed by atoms with Crippen LogP contribution in [0.3, 0.4) is 0 Å². The van der Waals surface area contributed by atoms with Crippen molar-refractivity contribution in [2.75, 3.05) is 12.9 Å². The average molecular weight is 587 g/mol. The van der Waals surface area contributed by atoms with Crippen LogP contribution in [-0.2, 0) is 46.4 Å². The van der Waals surface area contributed by atoms with E-state index in [1.54, 1.807) is 54.6 Å². The van der Waals surface area contributed by atoms with Crippen LogP contribution in [0.2, 0.25) is 0 Å². The van der Waals surface area contributed by atoms with Crippen molar-refractivity contribution in [2.45, 2.75) is 30.0 Å². The first-order chi connectivity index (χ1) is 18.4. The maximum Gasteiger partial charge on any atom is 0.534 e. The number of alkyl halides is 3. The molecule has 1 unspecified atom stereocenters. The zero-order valence-corrected chi connectivity index (χ0v) is 21.8. The molecule has 39 heavy (non-hydrogen) atoms. The minimum Gasteiger partial charge on any atom is -0.497 e. The molecule has 2 atom stereocenters. The number of rotatable bonds is 9.